The highest BCUT2D eigenvalue weighted by molar-refractivity contribution is 5.86. The van der Waals surface area contributed by atoms with Crippen molar-refractivity contribution in [2.45, 2.75) is 13.0 Å². The number of nitrogens with zero attached hydrogens (tertiary/aromatic N) is 1. The average Bonchev–Trinajstić information content (AvgIpc) is 3.35. The standard InChI is InChI=1S/C7H10O3.C6H8O2.C3H3N/c1-5(2)7(8)10-4-6-3-9-6;1-3-5-8-6(7)4-2;1-2-3-4/h6H,1,3-4H2,2H3;3-4H,1-2,5H2;2H,1H2. The second-order valence-electron chi connectivity index (χ2n) is 3.79. The summed E-state index contributed by atoms with van der Waals surface area (Å²) in [5.74, 6) is -0.750. The molecule has 1 saturated heterocycles. The molecule has 1 fully saturated rings. The SMILES string of the molecule is C=C(C)C(=O)OCC1CO1.C=CC#N.C=CCOC(=O)C=C. The largest absolute Gasteiger partial charge is 0.459 e. The van der Waals surface area contributed by atoms with Crippen molar-refractivity contribution in [2.75, 3.05) is 19.8 Å². The minimum absolute atomic E-state index is 0.142. The van der Waals surface area contributed by atoms with Crippen LogP contribution in [0.3, 0.4) is 0 Å². The van der Waals surface area contributed by atoms with Crippen LogP contribution in [0.1, 0.15) is 6.92 Å². The molecule has 0 radical (unpaired) electrons. The quantitative estimate of drug-likeness (QED) is 0.245. The van der Waals surface area contributed by atoms with Gasteiger partial charge >= 0.3 is 11.9 Å². The van der Waals surface area contributed by atoms with Crippen molar-refractivity contribution in [1.82, 2.24) is 0 Å². The molecule has 0 saturated carbocycles. The number of carbonyl (C=O) groups is 2. The monoisotopic (exact) mass is 307 g/mol. The number of nitriles is 1. The van der Waals surface area contributed by atoms with Gasteiger partial charge in [0.25, 0.3) is 0 Å². The van der Waals surface area contributed by atoms with Crippen LogP contribution in [0, 0.1) is 11.3 Å². The van der Waals surface area contributed by atoms with Gasteiger partial charge < -0.3 is 14.2 Å². The third kappa shape index (κ3) is 17.4. The lowest BCUT2D eigenvalue weighted by molar-refractivity contribution is -0.139. The highest BCUT2D eigenvalue weighted by Crippen LogP contribution is 2.09. The molecule has 1 aliphatic rings. The summed E-state index contributed by atoms with van der Waals surface area (Å²) in [7, 11) is 0. The van der Waals surface area contributed by atoms with Crippen molar-refractivity contribution in [3.8, 4) is 6.07 Å². The van der Waals surface area contributed by atoms with Crippen LogP contribution in [-0.2, 0) is 23.8 Å². The Morgan fingerprint density at radius 3 is 2.23 bits per heavy atom. The van der Waals surface area contributed by atoms with E-state index in [1.165, 1.54) is 12.2 Å². The van der Waals surface area contributed by atoms with Crippen LogP contribution in [0.4, 0.5) is 0 Å². The molecule has 120 valence electrons. The summed E-state index contributed by atoms with van der Waals surface area (Å²) in [6.07, 6.45) is 3.94. The van der Waals surface area contributed by atoms with Crippen molar-refractivity contribution in [3.63, 3.8) is 0 Å². The Morgan fingerprint density at radius 1 is 1.36 bits per heavy atom. The van der Waals surface area contributed by atoms with Crippen molar-refractivity contribution in [2.24, 2.45) is 0 Å². The van der Waals surface area contributed by atoms with Crippen LogP contribution in [0.25, 0.3) is 0 Å². The van der Waals surface area contributed by atoms with Gasteiger partial charge in [0.2, 0.25) is 0 Å². The van der Waals surface area contributed by atoms with Gasteiger partial charge in [-0.1, -0.05) is 32.4 Å². The first-order valence-corrected chi connectivity index (χ1v) is 6.27. The lowest BCUT2D eigenvalue weighted by Gasteiger charge is -1.99. The first-order chi connectivity index (χ1) is 10.4. The molecule has 0 spiro atoms. The lowest BCUT2D eigenvalue weighted by Crippen LogP contribution is -2.09. The number of esters is 2. The van der Waals surface area contributed by atoms with E-state index in [0.717, 1.165) is 6.08 Å². The molecule has 0 aliphatic carbocycles. The number of hydrogen-bond acceptors (Lipinski definition) is 6. The molecular formula is C16H21NO5. The summed E-state index contributed by atoms with van der Waals surface area (Å²) < 4.78 is 14.1. The van der Waals surface area contributed by atoms with Gasteiger partial charge in [-0.3, -0.25) is 0 Å². The molecule has 1 heterocycles. The van der Waals surface area contributed by atoms with E-state index in [9.17, 15) is 9.59 Å². The van der Waals surface area contributed by atoms with Crippen LogP contribution < -0.4 is 0 Å². The van der Waals surface area contributed by atoms with Gasteiger partial charge in [0.1, 0.15) is 19.3 Å². The average molecular weight is 307 g/mol. The Morgan fingerprint density at radius 2 is 1.91 bits per heavy atom. The summed E-state index contributed by atoms with van der Waals surface area (Å²) >= 11 is 0. The molecule has 0 N–H and O–H groups in total. The zero-order chi connectivity index (χ0) is 17.4. The van der Waals surface area contributed by atoms with E-state index in [1.54, 1.807) is 13.0 Å². The van der Waals surface area contributed by atoms with Crippen LogP contribution in [0.15, 0.2) is 50.1 Å². The lowest BCUT2D eigenvalue weighted by atomic mass is 10.4. The summed E-state index contributed by atoms with van der Waals surface area (Å²) in [4.78, 5) is 20.9. The zero-order valence-corrected chi connectivity index (χ0v) is 12.7. The second-order valence-corrected chi connectivity index (χ2v) is 3.79. The highest BCUT2D eigenvalue weighted by Gasteiger charge is 2.24. The van der Waals surface area contributed by atoms with Crippen LogP contribution in [0.5, 0.6) is 0 Å². The summed E-state index contributed by atoms with van der Waals surface area (Å²) in [6.45, 7) is 16.1. The molecule has 22 heavy (non-hydrogen) atoms. The molecule has 0 aromatic rings. The Kier molecular flexibility index (Phi) is 14.5. The second kappa shape index (κ2) is 14.8. The molecule has 0 bridgehead atoms. The molecule has 6 nitrogen and oxygen atoms in total. The van der Waals surface area contributed by atoms with Gasteiger partial charge in [-0.25, -0.2) is 9.59 Å². The smallest absolute Gasteiger partial charge is 0.333 e. The number of rotatable bonds is 6. The minimum atomic E-state index is -0.412. The van der Waals surface area contributed by atoms with Crippen molar-refractivity contribution in [3.05, 3.63) is 50.1 Å². The van der Waals surface area contributed by atoms with Gasteiger partial charge in [0, 0.05) is 17.7 Å². The summed E-state index contributed by atoms with van der Waals surface area (Å²) in [5.41, 5.74) is 0.431. The van der Waals surface area contributed by atoms with E-state index in [0.29, 0.717) is 18.8 Å². The highest BCUT2D eigenvalue weighted by atomic mass is 16.6. The molecular weight excluding hydrogens is 286 g/mol. The summed E-state index contributed by atoms with van der Waals surface area (Å²) in [5, 5.41) is 7.51. The van der Waals surface area contributed by atoms with E-state index >= 15 is 0 Å². The fourth-order valence-corrected chi connectivity index (χ4v) is 0.656. The number of allylic oxidation sites excluding steroid dienone is 1. The molecule has 6 heteroatoms. The van der Waals surface area contributed by atoms with Gasteiger partial charge in [-0.15, -0.1) is 0 Å². The number of carbonyl (C=O) groups excluding carboxylic acids is 2. The van der Waals surface area contributed by atoms with Crippen LogP contribution in [-0.4, -0.2) is 37.9 Å². The maximum absolute atomic E-state index is 10.7. The van der Waals surface area contributed by atoms with Crippen molar-refractivity contribution < 1.29 is 23.8 Å². The molecule has 1 atom stereocenters. The van der Waals surface area contributed by atoms with Crippen molar-refractivity contribution in [1.29, 1.82) is 5.26 Å². The molecule has 0 amide bonds. The third-order valence-electron chi connectivity index (χ3n) is 1.75. The molecule has 1 rings (SSSR count). The van der Waals surface area contributed by atoms with E-state index in [1.807, 2.05) is 0 Å². The van der Waals surface area contributed by atoms with E-state index in [-0.39, 0.29) is 18.7 Å². The van der Waals surface area contributed by atoms with E-state index in [4.69, 9.17) is 14.7 Å². The van der Waals surface area contributed by atoms with Crippen LogP contribution >= 0.6 is 0 Å². The summed E-state index contributed by atoms with van der Waals surface area (Å²) in [6, 6.07) is 1.69. The number of ether oxygens (including phenoxy) is 3. The fourth-order valence-electron chi connectivity index (χ4n) is 0.656. The minimum Gasteiger partial charge on any atom is -0.459 e. The normalized spacial score (nSPS) is 13.4. The Bertz CT molecular complexity index is 444. The zero-order valence-electron chi connectivity index (χ0n) is 12.7. The Labute approximate surface area is 131 Å². The molecule has 1 unspecified atom stereocenters. The molecule has 0 aromatic carbocycles. The topological polar surface area (TPSA) is 88.9 Å². The Hall–Kier alpha value is -2.65. The number of hydrogen-bond donors (Lipinski definition) is 0. The maximum Gasteiger partial charge on any atom is 0.333 e. The van der Waals surface area contributed by atoms with E-state index < -0.39 is 5.97 Å². The predicted octanol–water partition coefficient (Wildman–Crippen LogP) is 2.10. The third-order valence-corrected chi connectivity index (χ3v) is 1.75. The molecule has 0 aromatic heterocycles. The molecule has 1 aliphatic heterocycles. The maximum atomic E-state index is 10.7. The van der Waals surface area contributed by atoms with Gasteiger partial charge in [0.05, 0.1) is 12.7 Å². The fraction of sp³-hybridized carbons (Fsp3) is 0.312. The van der Waals surface area contributed by atoms with Crippen LogP contribution in [0.2, 0.25) is 0 Å². The predicted molar refractivity (Wildman–Crippen MR) is 82.7 cm³/mol. The number of epoxide rings is 1. The Balaban J connectivity index is 0. The van der Waals surface area contributed by atoms with Gasteiger partial charge in [-0.2, -0.15) is 5.26 Å². The van der Waals surface area contributed by atoms with Crippen molar-refractivity contribution >= 4 is 11.9 Å². The first kappa shape index (κ1) is 21.6. The van der Waals surface area contributed by atoms with Gasteiger partial charge in [0.15, 0.2) is 0 Å². The first-order valence-electron chi connectivity index (χ1n) is 6.27. The van der Waals surface area contributed by atoms with Gasteiger partial charge in [-0.05, 0) is 6.92 Å². The van der Waals surface area contributed by atoms with E-state index in [2.05, 4.69) is 31.1 Å².